The lowest BCUT2D eigenvalue weighted by Crippen LogP contribution is -2.15. The van der Waals surface area contributed by atoms with Crippen molar-refractivity contribution in [3.63, 3.8) is 0 Å². The molecule has 3 rings (SSSR count). The third-order valence-corrected chi connectivity index (χ3v) is 3.72. The summed E-state index contributed by atoms with van der Waals surface area (Å²) >= 11 is 0. The monoisotopic (exact) mass is 251 g/mol. The third kappa shape index (κ3) is 2.53. The van der Waals surface area contributed by atoms with Gasteiger partial charge in [0.25, 0.3) is 0 Å². The van der Waals surface area contributed by atoms with Gasteiger partial charge in [-0.3, -0.25) is 4.79 Å². The first kappa shape index (κ1) is 12.0. The van der Waals surface area contributed by atoms with Gasteiger partial charge in [0.15, 0.2) is 0 Å². The highest BCUT2D eigenvalue weighted by Crippen LogP contribution is 2.39. The van der Waals surface area contributed by atoms with E-state index >= 15 is 0 Å². The standard InChI is InChI=1S/C17H17NO/c1-12-11-15(12)17(19)18-16-10-6-5-9-14(16)13-7-3-2-4-8-13/h2-10,12,15H,11H2,1H3,(H,18,19)/t12-,15+/m1/s1. The van der Waals surface area contributed by atoms with Crippen molar-refractivity contribution in [2.45, 2.75) is 13.3 Å². The van der Waals surface area contributed by atoms with Crippen LogP contribution in [0.3, 0.4) is 0 Å². The lowest BCUT2D eigenvalue weighted by molar-refractivity contribution is -0.117. The Balaban J connectivity index is 1.88. The second-order valence-corrected chi connectivity index (χ2v) is 5.22. The first-order valence-corrected chi connectivity index (χ1v) is 6.71. The van der Waals surface area contributed by atoms with Crippen LogP contribution >= 0.6 is 0 Å². The minimum absolute atomic E-state index is 0.149. The first-order chi connectivity index (χ1) is 9.25. The van der Waals surface area contributed by atoms with Gasteiger partial charge in [0, 0.05) is 17.2 Å². The molecule has 0 unspecified atom stereocenters. The third-order valence-electron chi connectivity index (χ3n) is 3.72. The van der Waals surface area contributed by atoms with Crippen LogP contribution in [0.15, 0.2) is 54.6 Å². The van der Waals surface area contributed by atoms with Gasteiger partial charge < -0.3 is 5.32 Å². The number of hydrogen-bond donors (Lipinski definition) is 1. The summed E-state index contributed by atoms with van der Waals surface area (Å²) in [5, 5.41) is 3.06. The molecule has 1 aliphatic rings. The van der Waals surface area contributed by atoms with Gasteiger partial charge in [-0.15, -0.1) is 0 Å². The fourth-order valence-corrected chi connectivity index (χ4v) is 2.37. The minimum atomic E-state index is 0.149. The number of carbonyl (C=O) groups excluding carboxylic acids is 1. The number of nitrogens with one attached hydrogen (secondary N) is 1. The van der Waals surface area contributed by atoms with E-state index in [1.54, 1.807) is 0 Å². The second-order valence-electron chi connectivity index (χ2n) is 5.22. The lowest BCUT2D eigenvalue weighted by atomic mass is 10.0. The van der Waals surface area contributed by atoms with Crippen molar-refractivity contribution in [1.82, 2.24) is 0 Å². The van der Waals surface area contributed by atoms with Crippen molar-refractivity contribution in [2.24, 2.45) is 11.8 Å². The summed E-state index contributed by atoms with van der Waals surface area (Å²) in [6.07, 6.45) is 1.01. The average molecular weight is 251 g/mol. The molecular formula is C17H17NO. The lowest BCUT2D eigenvalue weighted by Gasteiger charge is -2.11. The summed E-state index contributed by atoms with van der Waals surface area (Å²) in [6.45, 7) is 2.12. The fourth-order valence-electron chi connectivity index (χ4n) is 2.37. The quantitative estimate of drug-likeness (QED) is 0.879. The van der Waals surface area contributed by atoms with Crippen LogP contribution in [0, 0.1) is 11.8 Å². The van der Waals surface area contributed by atoms with Crippen LogP contribution < -0.4 is 5.32 Å². The fraction of sp³-hybridized carbons (Fsp3) is 0.235. The molecule has 1 fully saturated rings. The average Bonchev–Trinajstić information content (AvgIpc) is 3.18. The Morgan fingerprint density at radius 3 is 2.37 bits per heavy atom. The number of anilines is 1. The van der Waals surface area contributed by atoms with E-state index in [2.05, 4.69) is 24.4 Å². The van der Waals surface area contributed by atoms with Gasteiger partial charge in [0.05, 0.1) is 0 Å². The van der Waals surface area contributed by atoms with E-state index in [4.69, 9.17) is 0 Å². The smallest absolute Gasteiger partial charge is 0.227 e. The zero-order valence-corrected chi connectivity index (χ0v) is 11.0. The number of hydrogen-bond acceptors (Lipinski definition) is 1. The SMILES string of the molecule is C[C@@H]1C[C@@H]1C(=O)Nc1ccccc1-c1ccccc1. The Morgan fingerprint density at radius 1 is 1.05 bits per heavy atom. The van der Waals surface area contributed by atoms with E-state index in [1.807, 2.05) is 42.5 Å². The summed E-state index contributed by atoms with van der Waals surface area (Å²) in [5.41, 5.74) is 3.10. The molecule has 19 heavy (non-hydrogen) atoms. The second kappa shape index (κ2) is 4.88. The summed E-state index contributed by atoms with van der Waals surface area (Å²) in [5.74, 6) is 0.878. The summed E-state index contributed by atoms with van der Waals surface area (Å²) in [7, 11) is 0. The highest BCUT2D eigenvalue weighted by Gasteiger charge is 2.39. The van der Waals surface area contributed by atoms with Gasteiger partial charge in [0.2, 0.25) is 5.91 Å². The van der Waals surface area contributed by atoms with Gasteiger partial charge in [-0.1, -0.05) is 55.5 Å². The van der Waals surface area contributed by atoms with Gasteiger partial charge in [0.1, 0.15) is 0 Å². The molecule has 0 saturated heterocycles. The predicted molar refractivity (Wildman–Crippen MR) is 77.8 cm³/mol. The predicted octanol–water partition coefficient (Wildman–Crippen LogP) is 3.95. The van der Waals surface area contributed by atoms with Gasteiger partial charge in [-0.05, 0) is 24.0 Å². The van der Waals surface area contributed by atoms with Crippen molar-refractivity contribution in [2.75, 3.05) is 5.32 Å². The highest BCUT2D eigenvalue weighted by atomic mass is 16.2. The van der Waals surface area contributed by atoms with E-state index < -0.39 is 0 Å². The van der Waals surface area contributed by atoms with E-state index in [1.165, 1.54) is 0 Å². The molecule has 1 amide bonds. The molecule has 1 saturated carbocycles. The molecule has 2 atom stereocenters. The van der Waals surface area contributed by atoms with E-state index in [0.717, 1.165) is 23.2 Å². The molecule has 0 radical (unpaired) electrons. The van der Waals surface area contributed by atoms with Crippen molar-refractivity contribution in [3.05, 3.63) is 54.6 Å². The zero-order valence-electron chi connectivity index (χ0n) is 11.0. The minimum Gasteiger partial charge on any atom is -0.325 e. The maximum Gasteiger partial charge on any atom is 0.227 e. The van der Waals surface area contributed by atoms with Crippen LogP contribution in [-0.4, -0.2) is 5.91 Å². The molecule has 0 aliphatic heterocycles. The summed E-state index contributed by atoms with van der Waals surface area (Å²) < 4.78 is 0. The van der Waals surface area contributed by atoms with Gasteiger partial charge in [-0.25, -0.2) is 0 Å². The van der Waals surface area contributed by atoms with Crippen molar-refractivity contribution in [1.29, 1.82) is 0 Å². The van der Waals surface area contributed by atoms with Gasteiger partial charge in [-0.2, -0.15) is 0 Å². The van der Waals surface area contributed by atoms with Crippen LogP contribution in [0.4, 0.5) is 5.69 Å². The molecule has 96 valence electrons. The molecule has 2 heteroatoms. The van der Waals surface area contributed by atoms with Crippen LogP contribution in [0.5, 0.6) is 0 Å². The Bertz CT molecular complexity index is 591. The Hall–Kier alpha value is -2.09. The van der Waals surface area contributed by atoms with E-state index in [0.29, 0.717) is 5.92 Å². The largest absolute Gasteiger partial charge is 0.325 e. The van der Waals surface area contributed by atoms with Crippen molar-refractivity contribution in [3.8, 4) is 11.1 Å². The molecule has 2 nitrogen and oxygen atoms in total. The summed E-state index contributed by atoms with van der Waals surface area (Å²) in [6, 6.07) is 18.1. The Labute approximate surface area is 113 Å². The van der Waals surface area contributed by atoms with Crippen LogP contribution in [0.25, 0.3) is 11.1 Å². The molecule has 0 bridgehead atoms. The molecule has 0 spiro atoms. The molecule has 1 aliphatic carbocycles. The number of benzene rings is 2. The maximum atomic E-state index is 12.1. The molecule has 1 N–H and O–H groups in total. The van der Waals surface area contributed by atoms with Crippen molar-refractivity contribution < 1.29 is 4.79 Å². The Kier molecular flexibility index (Phi) is 3.08. The molecular weight excluding hydrogens is 234 g/mol. The normalized spacial score (nSPS) is 20.9. The molecule has 0 aromatic heterocycles. The van der Waals surface area contributed by atoms with E-state index in [-0.39, 0.29) is 11.8 Å². The number of amides is 1. The van der Waals surface area contributed by atoms with Crippen molar-refractivity contribution >= 4 is 11.6 Å². The number of para-hydroxylation sites is 1. The molecule has 0 heterocycles. The van der Waals surface area contributed by atoms with Gasteiger partial charge >= 0.3 is 0 Å². The zero-order chi connectivity index (χ0) is 13.2. The topological polar surface area (TPSA) is 29.1 Å². The highest BCUT2D eigenvalue weighted by molar-refractivity contribution is 5.98. The van der Waals surface area contributed by atoms with Crippen LogP contribution in [-0.2, 0) is 4.79 Å². The molecule has 2 aromatic rings. The van der Waals surface area contributed by atoms with E-state index in [9.17, 15) is 4.79 Å². The van der Waals surface area contributed by atoms with Crippen LogP contribution in [0.2, 0.25) is 0 Å². The maximum absolute atomic E-state index is 12.1. The first-order valence-electron chi connectivity index (χ1n) is 6.71. The number of rotatable bonds is 3. The summed E-state index contributed by atoms with van der Waals surface area (Å²) in [4.78, 5) is 12.1. The Morgan fingerprint density at radius 2 is 1.68 bits per heavy atom. The van der Waals surface area contributed by atoms with Crippen LogP contribution in [0.1, 0.15) is 13.3 Å². The number of carbonyl (C=O) groups is 1. The molecule has 2 aromatic carbocycles.